The number of carbonyl (C=O) groups is 2. The Morgan fingerprint density at radius 3 is 2.27 bits per heavy atom. The lowest BCUT2D eigenvalue weighted by Crippen LogP contribution is -2.12. The summed E-state index contributed by atoms with van der Waals surface area (Å²) >= 11 is 0. The predicted molar refractivity (Wildman–Crippen MR) is 122 cm³/mol. The van der Waals surface area contributed by atoms with Crippen LogP contribution in [0.3, 0.4) is 0 Å². The van der Waals surface area contributed by atoms with E-state index < -0.39 is 5.82 Å². The van der Waals surface area contributed by atoms with Gasteiger partial charge < -0.3 is 15.4 Å². The van der Waals surface area contributed by atoms with E-state index in [-0.39, 0.29) is 11.8 Å². The molecule has 4 rings (SSSR count). The molecule has 1 aromatic heterocycles. The molecule has 0 aliphatic rings. The average Bonchev–Trinajstić information content (AvgIpc) is 3.29. The molecule has 2 N–H and O–H groups in total. The van der Waals surface area contributed by atoms with Crippen molar-refractivity contribution in [2.24, 2.45) is 0 Å². The number of hydrogen-bond acceptors (Lipinski definition) is 5. The maximum atomic E-state index is 13.4. The Balaban J connectivity index is 1.46. The van der Waals surface area contributed by atoms with Gasteiger partial charge in [-0.15, -0.1) is 5.10 Å². The Bertz CT molecular complexity index is 1300. The number of anilines is 2. The minimum Gasteiger partial charge on any atom is -0.494 e. The summed E-state index contributed by atoms with van der Waals surface area (Å²) in [5.74, 6) is -0.512. The van der Waals surface area contributed by atoms with E-state index >= 15 is 0 Å². The van der Waals surface area contributed by atoms with E-state index in [0.29, 0.717) is 34.1 Å². The van der Waals surface area contributed by atoms with Gasteiger partial charge in [0.2, 0.25) is 5.91 Å². The van der Waals surface area contributed by atoms with Crippen molar-refractivity contribution in [1.82, 2.24) is 15.0 Å². The second-order valence-corrected chi connectivity index (χ2v) is 7.15. The quantitative estimate of drug-likeness (QED) is 0.461. The highest BCUT2D eigenvalue weighted by Crippen LogP contribution is 2.25. The van der Waals surface area contributed by atoms with Crippen molar-refractivity contribution < 1.29 is 18.7 Å². The highest BCUT2D eigenvalue weighted by Gasteiger charge is 2.12. The molecule has 0 fully saturated rings. The first-order valence-electron chi connectivity index (χ1n) is 9.98. The van der Waals surface area contributed by atoms with Crippen molar-refractivity contribution >= 4 is 23.2 Å². The van der Waals surface area contributed by atoms with Crippen molar-refractivity contribution in [3.05, 3.63) is 84.3 Å². The van der Waals surface area contributed by atoms with Gasteiger partial charge in [-0.05, 0) is 48.5 Å². The Hall–Kier alpha value is -4.53. The number of amides is 2. The minimum atomic E-state index is -0.405. The Morgan fingerprint density at radius 2 is 1.61 bits per heavy atom. The number of nitrogens with zero attached hydrogens (tertiary/aromatic N) is 3. The highest BCUT2D eigenvalue weighted by atomic mass is 19.1. The van der Waals surface area contributed by atoms with Gasteiger partial charge in [0.1, 0.15) is 22.9 Å². The van der Waals surface area contributed by atoms with Crippen molar-refractivity contribution in [1.29, 1.82) is 0 Å². The topological polar surface area (TPSA) is 98.1 Å². The molecule has 3 aromatic carbocycles. The monoisotopic (exact) mass is 445 g/mol. The van der Waals surface area contributed by atoms with Gasteiger partial charge in [0.15, 0.2) is 0 Å². The van der Waals surface area contributed by atoms with Gasteiger partial charge >= 0.3 is 0 Å². The van der Waals surface area contributed by atoms with Crippen LogP contribution in [0.5, 0.6) is 5.75 Å². The molecule has 1 heterocycles. The number of rotatable bonds is 6. The van der Waals surface area contributed by atoms with Gasteiger partial charge in [0.25, 0.3) is 5.91 Å². The number of ether oxygens (including phenoxy) is 1. The number of methoxy groups -OCH3 is 1. The normalized spacial score (nSPS) is 10.5. The molecule has 0 saturated carbocycles. The van der Waals surface area contributed by atoms with Crippen molar-refractivity contribution in [2.45, 2.75) is 6.92 Å². The van der Waals surface area contributed by atoms with Crippen molar-refractivity contribution in [2.75, 3.05) is 17.7 Å². The first-order valence-corrected chi connectivity index (χ1v) is 9.98. The van der Waals surface area contributed by atoms with Crippen LogP contribution >= 0.6 is 0 Å². The van der Waals surface area contributed by atoms with Crippen molar-refractivity contribution in [3.63, 3.8) is 0 Å². The SMILES string of the molecule is COc1cc(F)ccc1-n1cc(-c2ccc(NC(=O)c3ccc(NC(C)=O)cc3)cc2)nn1. The number of halogens is 1. The molecule has 0 unspecified atom stereocenters. The summed E-state index contributed by atoms with van der Waals surface area (Å²) in [5, 5.41) is 13.8. The minimum absolute atomic E-state index is 0.177. The maximum Gasteiger partial charge on any atom is 0.255 e. The zero-order valence-electron chi connectivity index (χ0n) is 17.9. The lowest BCUT2D eigenvalue weighted by molar-refractivity contribution is -0.114. The third-order valence-corrected chi connectivity index (χ3v) is 4.79. The Kier molecular flexibility index (Phi) is 6.12. The first-order chi connectivity index (χ1) is 15.9. The molecule has 9 heteroatoms. The molecule has 166 valence electrons. The average molecular weight is 445 g/mol. The molecule has 0 aliphatic carbocycles. The summed E-state index contributed by atoms with van der Waals surface area (Å²) in [5.41, 5.74) is 3.65. The van der Waals surface area contributed by atoms with Gasteiger partial charge in [-0.2, -0.15) is 0 Å². The van der Waals surface area contributed by atoms with Gasteiger partial charge in [0.05, 0.1) is 13.3 Å². The standard InChI is InChI=1S/C24H20FN5O3/c1-15(31)26-19-10-5-17(6-11-19)24(32)27-20-8-3-16(4-9-20)21-14-30(29-28-21)22-12-7-18(25)13-23(22)33-2/h3-14H,1-2H3,(H,26,31)(H,27,32). The maximum absolute atomic E-state index is 13.4. The molecular formula is C24H20FN5O3. The van der Waals surface area contributed by atoms with Crippen LogP contribution in [0.2, 0.25) is 0 Å². The molecule has 4 aromatic rings. The Morgan fingerprint density at radius 1 is 0.939 bits per heavy atom. The number of hydrogen-bond donors (Lipinski definition) is 2. The van der Waals surface area contributed by atoms with Crippen LogP contribution in [-0.2, 0) is 4.79 Å². The zero-order chi connectivity index (χ0) is 23.4. The number of benzene rings is 3. The lowest BCUT2D eigenvalue weighted by atomic mass is 10.1. The third kappa shape index (κ3) is 5.04. The van der Waals surface area contributed by atoms with Gasteiger partial charge in [0, 0.05) is 35.5 Å². The number of nitrogens with one attached hydrogen (secondary N) is 2. The summed E-state index contributed by atoms with van der Waals surface area (Å²) in [7, 11) is 1.46. The summed E-state index contributed by atoms with van der Waals surface area (Å²) < 4.78 is 20.2. The molecular weight excluding hydrogens is 425 g/mol. The van der Waals surface area contributed by atoms with E-state index in [9.17, 15) is 14.0 Å². The van der Waals surface area contributed by atoms with Crippen LogP contribution in [0.1, 0.15) is 17.3 Å². The summed E-state index contributed by atoms with van der Waals surface area (Å²) in [6.45, 7) is 1.42. The third-order valence-electron chi connectivity index (χ3n) is 4.79. The Labute approximate surface area is 189 Å². The largest absolute Gasteiger partial charge is 0.494 e. The second-order valence-electron chi connectivity index (χ2n) is 7.15. The smallest absolute Gasteiger partial charge is 0.255 e. The van der Waals surface area contributed by atoms with E-state index in [1.54, 1.807) is 48.7 Å². The number of aromatic nitrogens is 3. The molecule has 0 spiro atoms. The second kappa shape index (κ2) is 9.31. The van der Waals surface area contributed by atoms with Gasteiger partial charge in [-0.3, -0.25) is 9.59 Å². The van der Waals surface area contributed by atoms with E-state index in [1.165, 1.54) is 30.8 Å². The van der Waals surface area contributed by atoms with Crippen LogP contribution in [-0.4, -0.2) is 33.9 Å². The molecule has 0 aliphatic heterocycles. The van der Waals surface area contributed by atoms with E-state index in [2.05, 4.69) is 20.9 Å². The summed E-state index contributed by atoms with van der Waals surface area (Å²) in [4.78, 5) is 23.6. The number of carbonyl (C=O) groups excluding carboxylic acids is 2. The molecule has 0 bridgehead atoms. The van der Waals surface area contributed by atoms with E-state index in [4.69, 9.17) is 4.74 Å². The predicted octanol–water partition coefficient (Wildman–Crippen LogP) is 4.29. The summed E-state index contributed by atoms with van der Waals surface area (Å²) in [6.07, 6.45) is 1.71. The van der Waals surface area contributed by atoms with E-state index in [0.717, 1.165) is 5.56 Å². The van der Waals surface area contributed by atoms with Crippen molar-refractivity contribution in [3.8, 4) is 22.7 Å². The fourth-order valence-corrected chi connectivity index (χ4v) is 3.19. The molecule has 0 saturated heterocycles. The molecule has 0 radical (unpaired) electrons. The van der Waals surface area contributed by atoms with E-state index in [1.807, 2.05) is 12.1 Å². The molecule has 8 nitrogen and oxygen atoms in total. The first kappa shape index (κ1) is 21.7. The van der Waals surface area contributed by atoms with Crippen LogP contribution in [0.15, 0.2) is 72.9 Å². The lowest BCUT2D eigenvalue weighted by Gasteiger charge is -2.08. The fourth-order valence-electron chi connectivity index (χ4n) is 3.19. The van der Waals surface area contributed by atoms with Crippen LogP contribution < -0.4 is 15.4 Å². The van der Waals surface area contributed by atoms with Crippen LogP contribution in [0.25, 0.3) is 16.9 Å². The van der Waals surface area contributed by atoms with Crippen LogP contribution in [0.4, 0.5) is 15.8 Å². The molecule has 0 atom stereocenters. The highest BCUT2D eigenvalue weighted by molar-refractivity contribution is 6.04. The molecule has 33 heavy (non-hydrogen) atoms. The molecule has 2 amide bonds. The zero-order valence-corrected chi connectivity index (χ0v) is 17.9. The summed E-state index contributed by atoms with van der Waals surface area (Å²) in [6, 6.07) is 17.9. The van der Waals surface area contributed by atoms with Gasteiger partial charge in [-0.1, -0.05) is 17.3 Å². The fraction of sp³-hybridized carbons (Fsp3) is 0.0833. The van der Waals surface area contributed by atoms with Crippen LogP contribution in [0, 0.1) is 5.82 Å². The van der Waals surface area contributed by atoms with Gasteiger partial charge in [-0.25, -0.2) is 9.07 Å².